The molecule has 2 amide bonds. The first kappa shape index (κ1) is 25.0. The van der Waals surface area contributed by atoms with Crippen molar-refractivity contribution in [1.29, 1.82) is 0 Å². The van der Waals surface area contributed by atoms with E-state index in [9.17, 15) is 9.59 Å². The van der Waals surface area contributed by atoms with Crippen molar-refractivity contribution in [3.63, 3.8) is 0 Å². The van der Waals surface area contributed by atoms with E-state index < -0.39 is 6.04 Å². The second-order valence-corrected chi connectivity index (χ2v) is 9.19. The zero-order chi connectivity index (χ0) is 23.2. The van der Waals surface area contributed by atoms with Crippen LogP contribution in [0.15, 0.2) is 42.5 Å². The molecule has 0 saturated carbocycles. The molecule has 2 aromatic carbocycles. The topological polar surface area (TPSA) is 58.6 Å². The summed E-state index contributed by atoms with van der Waals surface area (Å²) in [5.74, 6) is 0.128. The Balaban J connectivity index is 2.24. The van der Waals surface area contributed by atoms with Crippen molar-refractivity contribution in [2.75, 3.05) is 13.2 Å². The maximum atomic E-state index is 13.1. The second-order valence-electron chi connectivity index (χ2n) is 8.38. The summed E-state index contributed by atoms with van der Waals surface area (Å²) in [4.78, 5) is 27.1. The SMILES string of the molecule is CCNC(=O)[C@@H](C)N(Cc1ccc(Cl)c(Cl)c1)C(=O)COc1ccccc1C(C)(C)C. The minimum Gasteiger partial charge on any atom is -0.483 e. The number of halogens is 2. The molecule has 5 nitrogen and oxygen atoms in total. The highest BCUT2D eigenvalue weighted by atomic mass is 35.5. The van der Waals surface area contributed by atoms with E-state index in [-0.39, 0.29) is 30.4 Å². The number of benzene rings is 2. The number of nitrogens with zero attached hydrogens (tertiary/aromatic N) is 1. The Morgan fingerprint density at radius 3 is 2.39 bits per heavy atom. The lowest BCUT2D eigenvalue weighted by molar-refractivity contribution is -0.142. The van der Waals surface area contributed by atoms with Gasteiger partial charge < -0.3 is 15.0 Å². The van der Waals surface area contributed by atoms with Crippen molar-refractivity contribution >= 4 is 35.0 Å². The maximum Gasteiger partial charge on any atom is 0.261 e. The van der Waals surface area contributed by atoms with Crippen LogP contribution in [0, 0.1) is 0 Å². The monoisotopic (exact) mass is 464 g/mol. The Morgan fingerprint density at radius 1 is 1.10 bits per heavy atom. The Morgan fingerprint density at radius 2 is 1.77 bits per heavy atom. The Kier molecular flexibility index (Phi) is 8.78. The number of carbonyl (C=O) groups is 2. The molecule has 0 radical (unpaired) electrons. The van der Waals surface area contributed by atoms with Gasteiger partial charge in [-0.15, -0.1) is 0 Å². The van der Waals surface area contributed by atoms with E-state index >= 15 is 0 Å². The van der Waals surface area contributed by atoms with Crippen LogP contribution in [0.4, 0.5) is 0 Å². The third kappa shape index (κ3) is 6.88. The quantitative estimate of drug-likeness (QED) is 0.582. The van der Waals surface area contributed by atoms with Gasteiger partial charge in [-0.1, -0.05) is 68.2 Å². The average molecular weight is 465 g/mol. The summed E-state index contributed by atoms with van der Waals surface area (Å²) in [5, 5.41) is 3.60. The molecule has 0 heterocycles. The Labute approximate surface area is 194 Å². The van der Waals surface area contributed by atoms with E-state index in [2.05, 4.69) is 26.1 Å². The van der Waals surface area contributed by atoms with Crippen molar-refractivity contribution in [2.45, 2.75) is 52.6 Å². The Bertz CT molecular complexity index is 925. The van der Waals surface area contributed by atoms with Crippen molar-refractivity contribution in [3.8, 4) is 5.75 Å². The van der Waals surface area contributed by atoms with Crippen molar-refractivity contribution in [2.24, 2.45) is 0 Å². The molecule has 0 unspecified atom stereocenters. The predicted octanol–water partition coefficient (Wildman–Crippen LogP) is 5.22. The highest BCUT2D eigenvalue weighted by molar-refractivity contribution is 6.42. The summed E-state index contributed by atoms with van der Waals surface area (Å²) in [6.07, 6.45) is 0. The summed E-state index contributed by atoms with van der Waals surface area (Å²) < 4.78 is 5.91. The minimum absolute atomic E-state index is 0.131. The number of para-hydroxylation sites is 1. The average Bonchev–Trinajstić information content (AvgIpc) is 2.72. The summed E-state index contributed by atoms with van der Waals surface area (Å²) >= 11 is 12.1. The molecule has 0 spiro atoms. The molecule has 0 aliphatic rings. The van der Waals surface area contributed by atoms with Crippen LogP contribution in [0.2, 0.25) is 10.0 Å². The lowest BCUT2D eigenvalue weighted by Gasteiger charge is -2.29. The van der Waals surface area contributed by atoms with Gasteiger partial charge in [0.25, 0.3) is 5.91 Å². The summed E-state index contributed by atoms with van der Waals surface area (Å²) in [7, 11) is 0. The number of amides is 2. The van der Waals surface area contributed by atoms with E-state index in [1.54, 1.807) is 25.1 Å². The fourth-order valence-electron chi connectivity index (χ4n) is 3.17. The van der Waals surface area contributed by atoms with Gasteiger partial charge in [0.2, 0.25) is 5.91 Å². The van der Waals surface area contributed by atoms with Crippen LogP contribution in [-0.4, -0.2) is 35.9 Å². The molecule has 2 rings (SSSR count). The van der Waals surface area contributed by atoms with E-state index in [0.29, 0.717) is 22.3 Å². The van der Waals surface area contributed by atoms with Crippen molar-refractivity contribution < 1.29 is 14.3 Å². The zero-order valence-corrected chi connectivity index (χ0v) is 20.2. The van der Waals surface area contributed by atoms with E-state index in [4.69, 9.17) is 27.9 Å². The molecular formula is C24H30Cl2N2O3. The van der Waals surface area contributed by atoms with Crippen molar-refractivity contribution in [1.82, 2.24) is 10.2 Å². The standard InChI is InChI=1S/C24H30Cl2N2O3/c1-6-27-23(30)16(2)28(14-17-11-12-19(25)20(26)13-17)22(29)15-31-21-10-8-7-9-18(21)24(3,4)5/h7-13,16H,6,14-15H2,1-5H3,(H,27,30)/t16-/m1/s1. The molecule has 2 aromatic rings. The van der Waals surface area contributed by atoms with Crippen LogP contribution in [0.1, 0.15) is 45.7 Å². The van der Waals surface area contributed by atoms with E-state index in [0.717, 1.165) is 11.1 Å². The molecule has 0 aromatic heterocycles. The number of ether oxygens (including phenoxy) is 1. The van der Waals surface area contributed by atoms with Crippen molar-refractivity contribution in [3.05, 3.63) is 63.6 Å². The van der Waals surface area contributed by atoms with Gasteiger partial charge in [0.15, 0.2) is 6.61 Å². The highest BCUT2D eigenvalue weighted by Gasteiger charge is 2.27. The fourth-order valence-corrected chi connectivity index (χ4v) is 3.49. The fraction of sp³-hybridized carbons (Fsp3) is 0.417. The number of hydrogen-bond donors (Lipinski definition) is 1. The molecule has 31 heavy (non-hydrogen) atoms. The highest BCUT2D eigenvalue weighted by Crippen LogP contribution is 2.31. The normalized spacial score (nSPS) is 12.2. The number of hydrogen-bond acceptors (Lipinski definition) is 3. The summed E-state index contributed by atoms with van der Waals surface area (Å²) in [6.45, 7) is 10.3. The van der Waals surface area contributed by atoms with Gasteiger partial charge in [0.05, 0.1) is 10.0 Å². The third-order valence-corrected chi connectivity index (χ3v) is 5.64. The first-order chi connectivity index (χ1) is 14.5. The lowest BCUT2D eigenvalue weighted by atomic mass is 9.86. The number of carbonyl (C=O) groups excluding carboxylic acids is 2. The molecule has 0 aliphatic carbocycles. The molecule has 0 saturated heterocycles. The second kappa shape index (κ2) is 10.9. The zero-order valence-electron chi connectivity index (χ0n) is 18.7. The summed E-state index contributed by atoms with van der Waals surface area (Å²) in [5.41, 5.74) is 1.65. The van der Waals surface area contributed by atoms with Gasteiger partial charge in [0, 0.05) is 13.1 Å². The molecular weight excluding hydrogens is 435 g/mol. The largest absolute Gasteiger partial charge is 0.483 e. The predicted molar refractivity (Wildman–Crippen MR) is 126 cm³/mol. The molecule has 0 bridgehead atoms. The van der Waals surface area contributed by atoms with E-state index in [1.165, 1.54) is 4.90 Å². The van der Waals surface area contributed by atoms with Gasteiger partial charge in [-0.25, -0.2) is 0 Å². The van der Waals surface area contributed by atoms with Gasteiger partial charge >= 0.3 is 0 Å². The number of nitrogens with one attached hydrogen (secondary N) is 1. The van der Waals surface area contributed by atoms with Crippen LogP contribution in [0.3, 0.4) is 0 Å². The van der Waals surface area contributed by atoms with Crippen LogP contribution < -0.4 is 10.1 Å². The van der Waals surface area contributed by atoms with Crippen LogP contribution in [-0.2, 0) is 21.5 Å². The minimum atomic E-state index is -0.677. The molecule has 1 N–H and O–H groups in total. The number of likely N-dealkylation sites (N-methyl/N-ethyl adjacent to an activating group) is 1. The summed E-state index contributed by atoms with van der Waals surface area (Å²) in [6, 6.07) is 12.1. The van der Waals surface area contributed by atoms with Crippen LogP contribution in [0.25, 0.3) is 0 Å². The smallest absolute Gasteiger partial charge is 0.261 e. The molecule has 168 valence electrons. The maximum absolute atomic E-state index is 13.1. The first-order valence-electron chi connectivity index (χ1n) is 10.3. The van der Waals surface area contributed by atoms with Gasteiger partial charge in [-0.2, -0.15) is 0 Å². The van der Waals surface area contributed by atoms with Gasteiger partial charge in [0.1, 0.15) is 11.8 Å². The Hall–Kier alpha value is -2.24. The molecule has 0 fully saturated rings. The molecule has 0 aliphatic heterocycles. The first-order valence-corrected chi connectivity index (χ1v) is 11.0. The van der Waals surface area contributed by atoms with Crippen LogP contribution >= 0.6 is 23.2 Å². The molecule has 1 atom stereocenters. The number of rotatable bonds is 8. The molecule has 7 heteroatoms. The third-order valence-electron chi connectivity index (χ3n) is 4.90. The van der Waals surface area contributed by atoms with Crippen LogP contribution in [0.5, 0.6) is 5.75 Å². The van der Waals surface area contributed by atoms with Gasteiger partial charge in [-0.3, -0.25) is 9.59 Å². The van der Waals surface area contributed by atoms with E-state index in [1.807, 2.05) is 31.2 Å². The van der Waals surface area contributed by atoms with Gasteiger partial charge in [-0.05, 0) is 48.6 Å². The lowest BCUT2D eigenvalue weighted by Crippen LogP contribution is -2.49.